The van der Waals surface area contributed by atoms with Gasteiger partial charge in [-0.15, -0.1) is 0 Å². The topological polar surface area (TPSA) is 95.7 Å². The van der Waals surface area contributed by atoms with Gasteiger partial charge in [-0.2, -0.15) is 0 Å². The van der Waals surface area contributed by atoms with Crippen LogP contribution < -0.4 is 10.2 Å². The molecule has 0 atom stereocenters. The molecular formula is C18H21N3O4. The van der Waals surface area contributed by atoms with E-state index in [9.17, 15) is 14.9 Å². The number of hydrogen-bond acceptors (Lipinski definition) is 5. The Morgan fingerprint density at radius 1 is 1.24 bits per heavy atom. The van der Waals surface area contributed by atoms with Crippen molar-refractivity contribution in [2.24, 2.45) is 0 Å². The van der Waals surface area contributed by atoms with Crippen molar-refractivity contribution in [3.8, 4) is 0 Å². The van der Waals surface area contributed by atoms with E-state index in [2.05, 4.69) is 5.32 Å². The van der Waals surface area contributed by atoms with E-state index in [1.807, 2.05) is 35.2 Å². The summed E-state index contributed by atoms with van der Waals surface area (Å²) in [5.74, 6) is -0.223. The summed E-state index contributed by atoms with van der Waals surface area (Å²) in [4.78, 5) is 24.6. The molecule has 0 aliphatic rings. The fraction of sp³-hybridized carbons (Fsp3) is 0.278. The van der Waals surface area contributed by atoms with E-state index in [4.69, 9.17) is 5.11 Å². The molecule has 0 spiro atoms. The normalized spacial score (nSPS) is 10.3. The fourth-order valence-corrected chi connectivity index (χ4v) is 2.46. The zero-order chi connectivity index (χ0) is 18.2. The first kappa shape index (κ1) is 18.4. The SMILES string of the molecule is Cc1cc([N+](=O)[O-])ccc1NC(=O)CN(CCCO)c1ccccc1. The number of nitrogens with one attached hydrogen (secondary N) is 1. The van der Waals surface area contributed by atoms with Crippen molar-refractivity contribution in [1.82, 2.24) is 0 Å². The van der Waals surface area contributed by atoms with Gasteiger partial charge in [-0.1, -0.05) is 18.2 Å². The average Bonchev–Trinajstić information content (AvgIpc) is 2.61. The number of non-ortho nitro benzene ring substituents is 1. The van der Waals surface area contributed by atoms with E-state index in [1.165, 1.54) is 18.2 Å². The quantitative estimate of drug-likeness (QED) is 0.567. The van der Waals surface area contributed by atoms with Crippen molar-refractivity contribution in [3.63, 3.8) is 0 Å². The largest absolute Gasteiger partial charge is 0.396 e. The number of amides is 1. The second-order valence-electron chi connectivity index (χ2n) is 5.64. The third-order valence-corrected chi connectivity index (χ3v) is 3.74. The van der Waals surface area contributed by atoms with E-state index in [0.29, 0.717) is 24.2 Å². The van der Waals surface area contributed by atoms with Gasteiger partial charge < -0.3 is 15.3 Å². The van der Waals surface area contributed by atoms with Crippen molar-refractivity contribution in [2.45, 2.75) is 13.3 Å². The molecule has 2 aromatic rings. The number of nitro groups is 1. The van der Waals surface area contributed by atoms with E-state index < -0.39 is 4.92 Å². The van der Waals surface area contributed by atoms with Gasteiger partial charge in [-0.3, -0.25) is 14.9 Å². The summed E-state index contributed by atoms with van der Waals surface area (Å²) in [6.45, 7) is 2.43. The first-order chi connectivity index (χ1) is 12.0. The maximum atomic E-state index is 12.4. The van der Waals surface area contributed by atoms with Gasteiger partial charge >= 0.3 is 0 Å². The van der Waals surface area contributed by atoms with Crippen molar-refractivity contribution < 1.29 is 14.8 Å². The molecule has 2 aromatic carbocycles. The summed E-state index contributed by atoms with van der Waals surface area (Å²) in [5, 5.41) is 22.6. The molecule has 7 nitrogen and oxygen atoms in total. The van der Waals surface area contributed by atoms with Gasteiger partial charge in [0.05, 0.1) is 11.5 Å². The number of para-hydroxylation sites is 1. The molecule has 2 rings (SSSR count). The third-order valence-electron chi connectivity index (χ3n) is 3.74. The fourth-order valence-electron chi connectivity index (χ4n) is 2.46. The van der Waals surface area contributed by atoms with Crippen molar-refractivity contribution in [3.05, 3.63) is 64.2 Å². The summed E-state index contributed by atoms with van der Waals surface area (Å²) < 4.78 is 0. The molecule has 1 amide bonds. The van der Waals surface area contributed by atoms with Gasteiger partial charge in [0, 0.05) is 36.7 Å². The van der Waals surface area contributed by atoms with Crippen LogP contribution >= 0.6 is 0 Å². The van der Waals surface area contributed by atoms with Crippen LogP contribution in [0.3, 0.4) is 0 Å². The number of anilines is 2. The number of nitrogens with zero attached hydrogens (tertiary/aromatic N) is 2. The molecule has 0 unspecified atom stereocenters. The molecule has 0 radical (unpaired) electrons. The molecule has 0 aromatic heterocycles. The molecule has 132 valence electrons. The lowest BCUT2D eigenvalue weighted by Gasteiger charge is -2.24. The lowest BCUT2D eigenvalue weighted by molar-refractivity contribution is -0.384. The number of aryl methyl sites for hydroxylation is 1. The Labute approximate surface area is 146 Å². The first-order valence-corrected chi connectivity index (χ1v) is 7.97. The van der Waals surface area contributed by atoms with Crippen LogP contribution in [0, 0.1) is 17.0 Å². The highest BCUT2D eigenvalue weighted by Crippen LogP contribution is 2.21. The van der Waals surface area contributed by atoms with Gasteiger partial charge in [0.2, 0.25) is 5.91 Å². The van der Waals surface area contributed by atoms with Crippen LogP contribution in [0.25, 0.3) is 0 Å². The molecular weight excluding hydrogens is 322 g/mol. The van der Waals surface area contributed by atoms with Crippen LogP contribution in [0.5, 0.6) is 0 Å². The molecule has 0 saturated heterocycles. The lowest BCUT2D eigenvalue weighted by atomic mass is 10.2. The van der Waals surface area contributed by atoms with Crippen LogP contribution in [-0.4, -0.2) is 35.6 Å². The lowest BCUT2D eigenvalue weighted by Crippen LogP contribution is -2.34. The molecule has 0 fully saturated rings. The van der Waals surface area contributed by atoms with E-state index in [1.54, 1.807) is 6.92 Å². The van der Waals surface area contributed by atoms with Gasteiger partial charge in [-0.05, 0) is 37.1 Å². The smallest absolute Gasteiger partial charge is 0.269 e. The average molecular weight is 343 g/mol. The van der Waals surface area contributed by atoms with Crippen molar-refractivity contribution in [1.29, 1.82) is 0 Å². The Kier molecular flexibility index (Phi) is 6.47. The van der Waals surface area contributed by atoms with Crippen LogP contribution in [0.4, 0.5) is 17.1 Å². The Hall–Kier alpha value is -2.93. The van der Waals surface area contributed by atoms with Crippen LogP contribution in [0.1, 0.15) is 12.0 Å². The predicted octanol–water partition coefficient (Wildman–Crippen LogP) is 2.73. The monoisotopic (exact) mass is 343 g/mol. The highest BCUT2D eigenvalue weighted by atomic mass is 16.6. The number of nitro benzene ring substituents is 1. The summed E-state index contributed by atoms with van der Waals surface area (Å²) in [6, 6.07) is 13.8. The highest BCUT2D eigenvalue weighted by Gasteiger charge is 2.14. The van der Waals surface area contributed by atoms with Crippen LogP contribution in [0.2, 0.25) is 0 Å². The van der Waals surface area contributed by atoms with Gasteiger partial charge in [0.15, 0.2) is 0 Å². The summed E-state index contributed by atoms with van der Waals surface area (Å²) in [6.07, 6.45) is 0.554. The zero-order valence-corrected chi connectivity index (χ0v) is 14.0. The highest BCUT2D eigenvalue weighted by molar-refractivity contribution is 5.94. The summed E-state index contributed by atoms with van der Waals surface area (Å²) >= 11 is 0. The number of carbonyl (C=O) groups is 1. The third kappa shape index (κ3) is 5.29. The second kappa shape index (κ2) is 8.79. The maximum absolute atomic E-state index is 12.4. The van der Waals surface area contributed by atoms with E-state index in [0.717, 1.165) is 5.69 Å². The minimum absolute atomic E-state index is 0.00985. The molecule has 7 heteroatoms. The zero-order valence-electron chi connectivity index (χ0n) is 14.0. The van der Waals surface area contributed by atoms with Gasteiger partial charge in [-0.25, -0.2) is 0 Å². The molecule has 0 bridgehead atoms. The summed E-state index contributed by atoms with van der Waals surface area (Å²) in [5.41, 5.74) is 2.06. The standard InChI is InChI=1S/C18H21N3O4/c1-14-12-16(21(24)25)8-9-17(14)19-18(23)13-20(10-5-11-22)15-6-3-2-4-7-15/h2-4,6-9,12,22H,5,10-11,13H2,1H3,(H,19,23). The Bertz CT molecular complexity index is 734. The van der Waals surface area contributed by atoms with Crippen molar-refractivity contribution >= 4 is 23.0 Å². The molecule has 0 saturated carbocycles. The first-order valence-electron chi connectivity index (χ1n) is 7.97. The molecule has 25 heavy (non-hydrogen) atoms. The Morgan fingerprint density at radius 3 is 2.56 bits per heavy atom. The number of aliphatic hydroxyl groups excluding tert-OH is 1. The van der Waals surface area contributed by atoms with Crippen LogP contribution in [-0.2, 0) is 4.79 Å². The number of carbonyl (C=O) groups excluding carboxylic acids is 1. The van der Waals surface area contributed by atoms with Gasteiger partial charge in [0.25, 0.3) is 5.69 Å². The number of rotatable bonds is 8. The Balaban J connectivity index is 2.07. The summed E-state index contributed by atoms with van der Waals surface area (Å²) in [7, 11) is 0. The minimum Gasteiger partial charge on any atom is -0.396 e. The Morgan fingerprint density at radius 2 is 1.96 bits per heavy atom. The van der Waals surface area contributed by atoms with Crippen LogP contribution in [0.15, 0.2) is 48.5 Å². The predicted molar refractivity (Wildman–Crippen MR) is 96.8 cm³/mol. The molecule has 0 aliphatic heterocycles. The number of aliphatic hydroxyl groups is 1. The second-order valence-corrected chi connectivity index (χ2v) is 5.64. The number of hydrogen-bond donors (Lipinski definition) is 2. The minimum atomic E-state index is -0.468. The molecule has 0 aliphatic carbocycles. The van der Waals surface area contributed by atoms with E-state index in [-0.39, 0.29) is 24.7 Å². The number of benzene rings is 2. The van der Waals surface area contributed by atoms with Crippen molar-refractivity contribution in [2.75, 3.05) is 29.9 Å². The molecule has 0 heterocycles. The van der Waals surface area contributed by atoms with Gasteiger partial charge in [0.1, 0.15) is 0 Å². The van der Waals surface area contributed by atoms with E-state index >= 15 is 0 Å². The maximum Gasteiger partial charge on any atom is 0.269 e. The molecule has 2 N–H and O–H groups in total.